The monoisotopic (exact) mass is 276 g/mol. The summed E-state index contributed by atoms with van der Waals surface area (Å²) in [4.78, 5) is 20.5. The van der Waals surface area contributed by atoms with Crippen LogP contribution in [-0.2, 0) is 0 Å². The van der Waals surface area contributed by atoms with Crippen molar-refractivity contribution in [3.05, 3.63) is 24.0 Å². The molecule has 110 valence electrons. The number of anilines is 1. The number of aromatic nitrogens is 1. The fourth-order valence-electron chi connectivity index (χ4n) is 2.37. The Labute approximate surface area is 121 Å². The minimum absolute atomic E-state index is 0.0550. The van der Waals surface area contributed by atoms with E-state index in [-0.39, 0.29) is 5.91 Å². The van der Waals surface area contributed by atoms with Crippen molar-refractivity contribution >= 4 is 11.6 Å². The molecular weight excluding hydrogens is 252 g/mol. The normalized spacial score (nSPS) is 14.8. The lowest BCUT2D eigenvalue weighted by Gasteiger charge is -2.15. The van der Waals surface area contributed by atoms with Crippen molar-refractivity contribution < 1.29 is 4.79 Å². The van der Waals surface area contributed by atoms with Crippen molar-refractivity contribution in [1.82, 2.24) is 14.8 Å². The second-order valence-electron chi connectivity index (χ2n) is 5.51. The van der Waals surface area contributed by atoms with Crippen LogP contribution in [0.1, 0.15) is 29.8 Å². The van der Waals surface area contributed by atoms with Gasteiger partial charge in [-0.25, -0.2) is 0 Å². The van der Waals surface area contributed by atoms with E-state index in [1.54, 1.807) is 6.20 Å². The van der Waals surface area contributed by atoms with E-state index >= 15 is 0 Å². The topological polar surface area (TPSA) is 48.5 Å². The van der Waals surface area contributed by atoms with Crippen LogP contribution in [0, 0.1) is 0 Å². The van der Waals surface area contributed by atoms with Gasteiger partial charge >= 0.3 is 0 Å². The Morgan fingerprint density at radius 3 is 2.85 bits per heavy atom. The highest BCUT2D eigenvalue weighted by molar-refractivity contribution is 5.93. The van der Waals surface area contributed by atoms with Crippen molar-refractivity contribution in [2.45, 2.75) is 19.3 Å². The van der Waals surface area contributed by atoms with Gasteiger partial charge in [0.25, 0.3) is 5.91 Å². The van der Waals surface area contributed by atoms with Gasteiger partial charge in [-0.05, 0) is 52.0 Å². The van der Waals surface area contributed by atoms with Gasteiger partial charge in [-0.2, -0.15) is 0 Å². The highest BCUT2D eigenvalue weighted by atomic mass is 16.2. The van der Waals surface area contributed by atoms with Crippen molar-refractivity contribution in [3.63, 3.8) is 0 Å². The molecule has 1 aromatic heterocycles. The summed E-state index contributed by atoms with van der Waals surface area (Å²) in [6, 6.07) is 3.77. The summed E-state index contributed by atoms with van der Waals surface area (Å²) in [6.07, 6.45) is 4.99. The SMILES string of the molecule is CN(C)CCCNc1ccnc(C(=O)N2CCCC2)c1. The maximum Gasteiger partial charge on any atom is 0.272 e. The minimum atomic E-state index is 0.0550. The highest BCUT2D eigenvalue weighted by Crippen LogP contribution is 2.14. The van der Waals surface area contributed by atoms with E-state index in [1.807, 2.05) is 17.0 Å². The maximum absolute atomic E-state index is 12.2. The number of amides is 1. The van der Waals surface area contributed by atoms with Crippen LogP contribution >= 0.6 is 0 Å². The van der Waals surface area contributed by atoms with Gasteiger partial charge in [-0.15, -0.1) is 0 Å². The van der Waals surface area contributed by atoms with Gasteiger partial charge in [-0.3, -0.25) is 9.78 Å². The lowest BCUT2D eigenvalue weighted by Crippen LogP contribution is -2.28. The Balaban J connectivity index is 1.88. The van der Waals surface area contributed by atoms with Gasteiger partial charge in [0.05, 0.1) is 0 Å². The van der Waals surface area contributed by atoms with Gasteiger partial charge in [0.2, 0.25) is 0 Å². The molecule has 1 N–H and O–H groups in total. The molecule has 0 saturated carbocycles. The smallest absolute Gasteiger partial charge is 0.272 e. The van der Waals surface area contributed by atoms with Gasteiger partial charge < -0.3 is 15.1 Å². The zero-order chi connectivity index (χ0) is 14.4. The van der Waals surface area contributed by atoms with Crippen molar-refractivity contribution in [3.8, 4) is 0 Å². The number of hydrogen-bond acceptors (Lipinski definition) is 4. The molecule has 0 aliphatic carbocycles. The Morgan fingerprint density at radius 1 is 1.40 bits per heavy atom. The summed E-state index contributed by atoms with van der Waals surface area (Å²) in [5, 5.41) is 3.35. The fraction of sp³-hybridized carbons (Fsp3) is 0.600. The molecule has 1 fully saturated rings. The zero-order valence-corrected chi connectivity index (χ0v) is 12.4. The van der Waals surface area contributed by atoms with Crippen LogP contribution in [0.25, 0.3) is 0 Å². The van der Waals surface area contributed by atoms with Gasteiger partial charge in [0, 0.05) is 31.5 Å². The number of nitrogens with zero attached hydrogens (tertiary/aromatic N) is 3. The summed E-state index contributed by atoms with van der Waals surface area (Å²) in [6.45, 7) is 3.68. The van der Waals surface area contributed by atoms with E-state index in [4.69, 9.17) is 0 Å². The molecule has 1 aromatic rings. The van der Waals surface area contributed by atoms with E-state index in [1.165, 1.54) is 0 Å². The number of pyridine rings is 1. The number of likely N-dealkylation sites (tertiary alicyclic amines) is 1. The molecule has 1 saturated heterocycles. The summed E-state index contributed by atoms with van der Waals surface area (Å²) >= 11 is 0. The first kappa shape index (κ1) is 14.8. The molecule has 1 aliphatic rings. The molecule has 0 aromatic carbocycles. The quantitative estimate of drug-likeness (QED) is 0.803. The molecule has 20 heavy (non-hydrogen) atoms. The number of carbonyl (C=O) groups is 1. The summed E-state index contributed by atoms with van der Waals surface area (Å²) in [5.74, 6) is 0.0550. The standard InChI is InChI=1S/C15H24N4O/c1-18(2)9-5-7-16-13-6-8-17-14(12-13)15(20)19-10-3-4-11-19/h6,8,12H,3-5,7,9-11H2,1-2H3,(H,16,17). The van der Waals surface area contributed by atoms with Crippen LogP contribution in [0.15, 0.2) is 18.3 Å². The van der Waals surface area contributed by atoms with E-state index in [9.17, 15) is 4.79 Å². The molecule has 2 rings (SSSR count). The lowest BCUT2D eigenvalue weighted by molar-refractivity contribution is 0.0787. The highest BCUT2D eigenvalue weighted by Gasteiger charge is 2.20. The number of hydrogen-bond donors (Lipinski definition) is 1. The first-order chi connectivity index (χ1) is 9.66. The average Bonchev–Trinajstić information content (AvgIpc) is 2.97. The zero-order valence-electron chi connectivity index (χ0n) is 12.4. The summed E-state index contributed by atoms with van der Waals surface area (Å²) in [7, 11) is 4.14. The van der Waals surface area contributed by atoms with Gasteiger partial charge in [-0.1, -0.05) is 0 Å². The number of carbonyl (C=O) groups excluding carboxylic acids is 1. The third-order valence-corrected chi connectivity index (χ3v) is 3.48. The van der Waals surface area contributed by atoms with Crippen LogP contribution in [0.4, 0.5) is 5.69 Å². The minimum Gasteiger partial charge on any atom is -0.385 e. The Hall–Kier alpha value is -1.62. The molecule has 1 amide bonds. The predicted molar refractivity (Wildman–Crippen MR) is 81.0 cm³/mol. The first-order valence-corrected chi connectivity index (χ1v) is 7.31. The van der Waals surface area contributed by atoms with Crippen molar-refractivity contribution in [2.75, 3.05) is 45.6 Å². The summed E-state index contributed by atoms with van der Waals surface area (Å²) < 4.78 is 0. The Bertz CT molecular complexity index is 441. The molecule has 0 atom stereocenters. The van der Waals surface area contributed by atoms with Crippen LogP contribution in [0.5, 0.6) is 0 Å². The Kier molecular flexibility index (Phi) is 5.35. The first-order valence-electron chi connectivity index (χ1n) is 7.31. The van der Waals surface area contributed by atoms with E-state index in [0.717, 1.165) is 51.1 Å². The molecule has 0 unspecified atom stereocenters. The number of rotatable bonds is 6. The Morgan fingerprint density at radius 2 is 2.15 bits per heavy atom. The second kappa shape index (κ2) is 7.24. The molecule has 1 aliphatic heterocycles. The third kappa shape index (κ3) is 4.20. The van der Waals surface area contributed by atoms with Crippen LogP contribution in [-0.4, -0.2) is 61.0 Å². The second-order valence-corrected chi connectivity index (χ2v) is 5.51. The summed E-state index contributed by atoms with van der Waals surface area (Å²) in [5.41, 5.74) is 1.52. The lowest BCUT2D eigenvalue weighted by atomic mass is 10.2. The average molecular weight is 276 g/mol. The third-order valence-electron chi connectivity index (χ3n) is 3.48. The van der Waals surface area contributed by atoms with Crippen LogP contribution < -0.4 is 5.32 Å². The molecule has 0 radical (unpaired) electrons. The number of nitrogens with one attached hydrogen (secondary N) is 1. The van der Waals surface area contributed by atoms with Gasteiger partial charge in [0.1, 0.15) is 5.69 Å². The van der Waals surface area contributed by atoms with Crippen LogP contribution in [0.3, 0.4) is 0 Å². The molecule has 0 bridgehead atoms. The van der Waals surface area contributed by atoms with Crippen molar-refractivity contribution in [2.24, 2.45) is 0 Å². The van der Waals surface area contributed by atoms with Crippen LogP contribution in [0.2, 0.25) is 0 Å². The van der Waals surface area contributed by atoms with Gasteiger partial charge in [0.15, 0.2) is 0 Å². The molecular formula is C15H24N4O. The fourth-order valence-corrected chi connectivity index (χ4v) is 2.37. The molecule has 5 nitrogen and oxygen atoms in total. The molecule has 0 spiro atoms. The molecule has 5 heteroatoms. The predicted octanol–water partition coefficient (Wildman–Crippen LogP) is 1.68. The van der Waals surface area contributed by atoms with E-state index < -0.39 is 0 Å². The van der Waals surface area contributed by atoms with E-state index in [2.05, 4.69) is 29.3 Å². The van der Waals surface area contributed by atoms with Crippen molar-refractivity contribution in [1.29, 1.82) is 0 Å². The van der Waals surface area contributed by atoms with E-state index in [0.29, 0.717) is 5.69 Å². The molecule has 2 heterocycles. The largest absolute Gasteiger partial charge is 0.385 e. The maximum atomic E-state index is 12.2.